The van der Waals surface area contributed by atoms with E-state index in [1.54, 1.807) is 0 Å². The number of hydrogen-bond donors (Lipinski definition) is 0. The van der Waals surface area contributed by atoms with Gasteiger partial charge in [-0.25, -0.2) is 0 Å². The fraction of sp³-hybridized carbons (Fsp3) is 0.444. The normalized spacial score (nSPS) is 20.7. The van der Waals surface area contributed by atoms with Crippen molar-refractivity contribution >= 4 is 0 Å². The lowest BCUT2D eigenvalue weighted by Crippen LogP contribution is -2.21. The molecule has 1 aliphatic rings. The molecule has 1 aliphatic carbocycles. The first-order chi connectivity index (χ1) is 12.3. The van der Waals surface area contributed by atoms with Crippen LogP contribution in [-0.4, -0.2) is 26.5 Å². The molecule has 3 aromatic rings. The van der Waals surface area contributed by atoms with Crippen molar-refractivity contribution in [3.63, 3.8) is 0 Å². The zero-order chi connectivity index (χ0) is 17.1. The molecule has 2 unspecified atom stereocenters. The predicted octanol–water partition coefficient (Wildman–Crippen LogP) is 3.88. The van der Waals surface area contributed by atoms with Crippen molar-refractivity contribution in [1.29, 1.82) is 0 Å². The van der Waals surface area contributed by atoms with Crippen LogP contribution in [0.4, 0.5) is 0 Å². The lowest BCUT2D eigenvalue weighted by molar-refractivity contribution is -0.00447. The van der Waals surface area contributed by atoms with Gasteiger partial charge < -0.3 is 13.6 Å². The van der Waals surface area contributed by atoms with E-state index in [9.17, 15) is 0 Å². The molecule has 2 atom stereocenters. The van der Waals surface area contributed by atoms with Gasteiger partial charge in [0, 0.05) is 5.56 Å². The van der Waals surface area contributed by atoms with E-state index in [1.807, 2.05) is 30.3 Å². The number of aromatic nitrogens is 4. The minimum Gasteiger partial charge on any atom is -0.414 e. The number of benzene rings is 1. The lowest BCUT2D eigenvalue weighted by atomic mass is 9.89. The Kier molecular flexibility index (Phi) is 4.56. The molecule has 0 aliphatic heterocycles. The first kappa shape index (κ1) is 16.0. The van der Waals surface area contributed by atoms with E-state index in [1.165, 1.54) is 12.8 Å². The Morgan fingerprint density at radius 1 is 0.960 bits per heavy atom. The lowest BCUT2D eigenvalue weighted by Gasteiger charge is -2.26. The summed E-state index contributed by atoms with van der Waals surface area (Å²) in [5.41, 5.74) is 0.843. The van der Waals surface area contributed by atoms with Gasteiger partial charge in [0.15, 0.2) is 0 Å². The van der Waals surface area contributed by atoms with Crippen LogP contribution in [0.1, 0.15) is 38.5 Å². The van der Waals surface area contributed by atoms with E-state index < -0.39 is 0 Å². The summed E-state index contributed by atoms with van der Waals surface area (Å²) in [6.45, 7) is 2.57. The van der Waals surface area contributed by atoms with Gasteiger partial charge in [0.05, 0.1) is 6.10 Å². The maximum Gasteiger partial charge on any atom is 0.306 e. The summed E-state index contributed by atoms with van der Waals surface area (Å²) in [5, 5.41) is 16.0. The Labute approximate surface area is 145 Å². The zero-order valence-electron chi connectivity index (χ0n) is 14.1. The molecule has 1 fully saturated rings. The van der Waals surface area contributed by atoms with E-state index in [4.69, 9.17) is 13.6 Å². The van der Waals surface area contributed by atoms with Crippen LogP contribution < -0.4 is 0 Å². The maximum absolute atomic E-state index is 5.90. The molecule has 0 amide bonds. The molecule has 1 saturated carbocycles. The van der Waals surface area contributed by atoms with Gasteiger partial charge in [-0.3, -0.25) is 0 Å². The Morgan fingerprint density at radius 3 is 2.56 bits per heavy atom. The largest absolute Gasteiger partial charge is 0.414 e. The molecule has 2 heterocycles. The first-order valence-corrected chi connectivity index (χ1v) is 8.61. The second kappa shape index (κ2) is 7.14. The molecule has 0 bridgehead atoms. The fourth-order valence-corrected chi connectivity index (χ4v) is 3.12. The van der Waals surface area contributed by atoms with Crippen molar-refractivity contribution in [1.82, 2.24) is 20.4 Å². The van der Waals surface area contributed by atoms with Gasteiger partial charge in [0.2, 0.25) is 11.8 Å². The Balaban J connectivity index is 1.40. The minimum atomic E-state index is 0.212. The highest BCUT2D eigenvalue weighted by molar-refractivity contribution is 5.53. The standard InChI is InChI=1S/C18H20N4O3/c1-12-6-5-9-14(10-12)23-11-15-19-21-17(24-15)18-22-20-16(25-18)13-7-3-2-4-8-13/h2-4,7-8,12,14H,5-6,9-11H2,1H3. The second-order valence-electron chi connectivity index (χ2n) is 6.48. The number of ether oxygens (including phenoxy) is 1. The molecule has 0 radical (unpaired) electrons. The number of hydrogen-bond acceptors (Lipinski definition) is 7. The minimum absolute atomic E-state index is 0.212. The van der Waals surface area contributed by atoms with E-state index in [0.717, 1.165) is 18.4 Å². The van der Waals surface area contributed by atoms with Gasteiger partial charge in [-0.05, 0) is 30.9 Å². The summed E-state index contributed by atoms with van der Waals surface area (Å²) in [6.07, 6.45) is 4.95. The summed E-state index contributed by atoms with van der Waals surface area (Å²) >= 11 is 0. The Hall–Kier alpha value is -2.54. The second-order valence-corrected chi connectivity index (χ2v) is 6.48. The van der Waals surface area contributed by atoms with Crippen LogP contribution in [0.25, 0.3) is 23.2 Å². The van der Waals surface area contributed by atoms with Crippen LogP contribution in [-0.2, 0) is 11.3 Å². The highest BCUT2D eigenvalue weighted by Gasteiger charge is 2.21. The van der Waals surface area contributed by atoms with Gasteiger partial charge in [-0.1, -0.05) is 38.0 Å². The molecule has 2 aromatic heterocycles. The van der Waals surface area contributed by atoms with Gasteiger partial charge in [-0.15, -0.1) is 20.4 Å². The smallest absolute Gasteiger partial charge is 0.306 e. The summed E-state index contributed by atoms with van der Waals surface area (Å²) in [6, 6.07) is 9.55. The predicted molar refractivity (Wildman–Crippen MR) is 89.2 cm³/mol. The molecule has 0 N–H and O–H groups in total. The van der Waals surface area contributed by atoms with Crippen molar-refractivity contribution < 1.29 is 13.6 Å². The zero-order valence-corrected chi connectivity index (χ0v) is 14.1. The summed E-state index contributed by atoms with van der Waals surface area (Å²) in [4.78, 5) is 0. The van der Waals surface area contributed by atoms with Crippen LogP contribution in [0.3, 0.4) is 0 Å². The van der Waals surface area contributed by atoms with Crippen LogP contribution in [0.5, 0.6) is 0 Å². The molecular formula is C18H20N4O3. The molecule has 7 heteroatoms. The third kappa shape index (κ3) is 3.76. The monoisotopic (exact) mass is 340 g/mol. The molecule has 25 heavy (non-hydrogen) atoms. The highest BCUT2D eigenvalue weighted by atomic mass is 16.5. The molecule has 130 valence electrons. The van der Waals surface area contributed by atoms with Crippen molar-refractivity contribution in [2.24, 2.45) is 5.92 Å². The van der Waals surface area contributed by atoms with E-state index in [2.05, 4.69) is 27.3 Å². The maximum atomic E-state index is 5.90. The van der Waals surface area contributed by atoms with Gasteiger partial charge in [0.1, 0.15) is 6.61 Å². The third-order valence-electron chi connectivity index (χ3n) is 4.43. The van der Waals surface area contributed by atoms with Crippen molar-refractivity contribution in [3.8, 4) is 23.2 Å². The molecule has 0 saturated heterocycles. The highest BCUT2D eigenvalue weighted by Crippen LogP contribution is 2.27. The van der Waals surface area contributed by atoms with Gasteiger partial charge in [-0.2, -0.15) is 0 Å². The molecule has 0 spiro atoms. The van der Waals surface area contributed by atoms with E-state index in [-0.39, 0.29) is 17.9 Å². The van der Waals surface area contributed by atoms with Crippen LogP contribution in [0.15, 0.2) is 39.2 Å². The Morgan fingerprint density at radius 2 is 1.72 bits per heavy atom. The summed E-state index contributed by atoms with van der Waals surface area (Å²) < 4.78 is 17.1. The Bertz CT molecular complexity index is 815. The summed E-state index contributed by atoms with van der Waals surface area (Å²) in [5.74, 6) is 1.98. The first-order valence-electron chi connectivity index (χ1n) is 8.61. The molecule has 4 rings (SSSR count). The topological polar surface area (TPSA) is 87.1 Å². The average Bonchev–Trinajstić information content (AvgIpc) is 3.30. The molecule has 1 aromatic carbocycles. The van der Waals surface area contributed by atoms with Crippen LogP contribution >= 0.6 is 0 Å². The quantitative estimate of drug-likeness (QED) is 0.696. The van der Waals surface area contributed by atoms with Crippen molar-refractivity contribution in [2.45, 2.75) is 45.3 Å². The van der Waals surface area contributed by atoms with Gasteiger partial charge >= 0.3 is 11.8 Å². The third-order valence-corrected chi connectivity index (χ3v) is 4.43. The van der Waals surface area contributed by atoms with E-state index in [0.29, 0.717) is 24.3 Å². The summed E-state index contributed by atoms with van der Waals surface area (Å²) in [7, 11) is 0. The fourth-order valence-electron chi connectivity index (χ4n) is 3.12. The number of rotatable bonds is 5. The van der Waals surface area contributed by atoms with Crippen LogP contribution in [0, 0.1) is 5.92 Å². The molecule has 7 nitrogen and oxygen atoms in total. The van der Waals surface area contributed by atoms with E-state index >= 15 is 0 Å². The van der Waals surface area contributed by atoms with Gasteiger partial charge in [0.25, 0.3) is 0 Å². The molecular weight excluding hydrogens is 320 g/mol. The SMILES string of the molecule is CC1CCCC(OCc2nnc(-c3nnc(-c4ccccc4)o3)o2)C1. The van der Waals surface area contributed by atoms with Crippen molar-refractivity contribution in [3.05, 3.63) is 36.2 Å². The van der Waals surface area contributed by atoms with Crippen molar-refractivity contribution in [2.75, 3.05) is 0 Å². The number of nitrogens with zero attached hydrogens (tertiary/aromatic N) is 4. The average molecular weight is 340 g/mol. The van der Waals surface area contributed by atoms with Crippen LogP contribution in [0.2, 0.25) is 0 Å².